The van der Waals surface area contributed by atoms with Crippen molar-refractivity contribution in [1.82, 2.24) is 19.8 Å². The van der Waals surface area contributed by atoms with Gasteiger partial charge in [-0.2, -0.15) is 4.98 Å². The van der Waals surface area contributed by atoms with Gasteiger partial charge in [0, 0.05) is 58.6 Å². The lowest BCUT2D eigenvalue weighted by Gasteiger charge is -2.35. The van der Waals surface area contributed by atoms with Crippen LogP contribution in [-0.4, -0.2) is 83.9 Å². The zero-order chi connectivity index (χ0) is 20.5. The predicted molar refractivity (Wildman–Crippen MR) is 114 cm³/mol. The van der Waals surface area contributed by atoms with Crippen LogP contribution in [0.25, 0.3) is 0 Å². The number of rotatable bonds is 5. The van der Waals surface area contributed by atoms with Crippen LogP contribution in [0.2, 0.25) is 0 Å². The highest BCUT2D eigenvalue weighted by molar-refractivity contribution is 6.21. The molecule has 3 aliphatic heterocycles. The quantitative estimate of drug-likeness (QED) is 0.697. The number of fused-ring (bicyclic) bond motifs is 1. The Bertz CT molecular complexity index is 915. The molecular weight excluding hydrogens is 380 g/mol. The van der Waals surface area contributed by atoms with E-state index in [0.717, 1.165) is 51.0 Å². The fourth-order valence-electron chi connectivity index (χ4n) is 4.47. The topological polar surface area (TPSA) is 72.9 Å². The molecule has 0 bridgehead atoms. The van der Waals surface area contributed by atoms with E-state index in [-0.39, 0.29) is 11.8 Å². The smallest absolute Gasteiger partial charge is 0.261 e. The maximum atomic E-state index is 12.5. The number of aromatic nitrogens is 2. The molecule has 156 valence electrons. The van der Waals surface area contributed by atoms with Crippen molar-refractivity contribution in [1.29, 1.82) is 0 Å². The van der Waals surface area contributed by atoms with Gasteiger partial charge in [0.1, 0.15) is 5.82 Å². The summed E-state index contributed by atoms with van der Waals surface area (Å²) in [5, 5.41) is 0. The first-order valence-corrected chi connectivity index (χ1v) is 10.7. The number of piperazine rings is 1. The van der Waals surface area contributed by atoms with Crippen molar-refractivity contribution < 1.29 is 9.59 Å². The van der Waals surface area contributed by atoms with Gasteiger partial charge in [0.2, 0.25) is 5.95 Å². The molecule has 5 rings (SSSR count). The Morgan fingerprint density at radius 2 is 1.43 bits per heavy atom. The van der Waals surface area contributed by atoms with Gasteiger partial charge in [-0.1, -0.05) is 12.1 Å². The highest BCUT2D eigenvalue weighted by atomic mass is 16.2. The van der Waals surface area contributed by atoms with Gasteiger partial charge in [0.25, 0.3) is 11.8 Å². The zero-order valence-corrected chi connectivity index (χ0v) is 17.0. The van der Waals surface area contributed by atoms with Gasteiger partial charge in [-0.3, -0.25) is 19.4 Å². The van der Waals surface area contributed by atoms with E-state index >= 15 is 0 Å². The van der Waals surface area contributed by atoms with E-state index in [2.05, 4.69) is 19.7 Å². The van der Waals surface area contributed by atoms with E-state index in [4.69, 9.17) is 4.98 Å². The molecule has 0 N–H and O–H groups in total. The third kappa shape index (κ3) is 3.52. The molecule has 8 nitrogen and oxygen atoms in total. The van der Waals surface area contributed by atoms with Crippen molar-refractivity contribution in [3.05, 3.63) is 47.7 Å². The summed E-state index contributed by atoms with van der Waals surface area (Å²) in [6.07, 6.45) is 4.31. The Labute approximate surface area is 176 Å². The van der Waals surface area contributed by atoms with Crippen LogP contribution in [0.5, 0.6) is 0 Å². The highest BCUT2D eigenvalue weighted by Gasteiger charge is 2.35. The highest BCUT2D eigenvalue weighted by Crippen LogP contribution is 2.23. The molecule has 3 aliphatic rings. The maximum absolute atomic E-state index is 12.5. The molecule has 4 heterocycles. The molecule has 0 spiro atoms. The van der Waals surface area contributed by atoms with Crippen LogP contribution in [0, 0.1) is 0 Å². The largest absolute Gasteiger partial charge is 0.356 e. The second-order valence-electron chi connectivity index (χ2n) is 8.05. The normalized spacial score (nSPS) is 19.7. The molecule has 1 aromatic heterocycles. The van der Waals surface area contributed by atoms with Gasteiger partial charge in [-0.15, -0.1) is 0 Å². The molecule has 2 fully saturated rings. The SMILES string of the molecule is O=C1c2ccccc2C(=O)N1CCN1CCN(c2nccc(N3CCCC3)n2)CC1. The van der Waals surface area contributed by atoms with E-state index in [0.29, 0.717) is 24.2 Å². The second kappa shape index (κ2) is 8.02. The second-order valence-corrected chi connectivity index (χ2v) is 8.05. The predicted octanol–water partition coefficient (Wildman–Crippen LogP) is 1.49. The number of nitrogens with zero attached hydrogens (tertiary/aromatic N) is 6. The monoisotopic (exact) mass is 406 g/mol. The van der Waals surface area contributed by atoms with Crippen molar-refractivity contribution >= 4 is 23.6 Å². The van der Waals surface area contributed by atoms with Crippen LogP contribution >= 0.6 is 0 Å². The van der Waals surface area contributed by atoms with Crippen LogP contribution in [0.3, 0.4) is 0 Å². The third-order valence-electron chi connectivity index (χ3n) is 6.23. The Hall–Kier alpha value is -3.00. The lowest BCUT2D eigenvalue weighted by atomic mass is 10.1. The Balaban J connectivity index is 1.15. The molecule has 0 unspecified atom stereocenters. The summed E-state index contributed by atoms with van der Waals surface area (Å²) in [6.45, 7) is 6.66. The zero-order valence-electron chi connectivity index (χ0n) is 17.0. The minimum Gasteiger partial charge on any atom is -0.356 e. The van der Waals surface area contributed by atoms with Crippen molar-refractivity contribution in [2.45, 2.75) is 12.8 Å². The van der Waals surface area contributed by atoms with Gasteiger partial charge >= 0.3 is 0 Å². The first kappa shape index (κ1) is 19.0. The maximum Gasteiger partial charge on any atom is 0.261 e. The molecule has 8 heteroatoms. The van der Waals surface area contributed by atoms with Gasteiger partial charge in [-0.05, 0) is 31.0 Å². The number of anilines is 2. The number of amides is 2. The lowest BCUT2D eigenvalue weighted by Crippen LogP contribution is -2.49. The molecule has 30 heavy (non-hydrogen) atoms. The number of benzene rings is 1. The average molecular weight is 406 g/mol. The molecule has 2 saturated heterocycles. The van der Waals surface area contributed by atoms with Gasteiger partial charge in [0.05, 0.1) is 11.1 Å². The van der Waals surface area contributed by atoms with Crippen molar-refractivity contribution in [2.24, 2.45) is 0 Å². The Morgan fingerprint density at radius 3 is 2.10 bits per heavy atom. The molecule has 0 saturated carbocycles. The standard InChI is InChI=1S/C22H26N6O2/c29-20-17-5-1-2-6-18(17)21(30)28(20)16-13-25-11-14-27(15-12-25)22-23-8-7-19(24-22)26-9-3-4-10-26/h1-2,5-8H,3-4,9-16H2. The molecule has 2 aromatic rings. The fraction of sp³-hybridized carbons (Fsp3) is 0.455. The van der Waals surface area contributed by atoms with Crippen LogP contribution in [0.1, 0.15) is 33.6 Å². The number of carbonyl (C=O) groups is 2. The summed E-state index contributed by atoms with van der Waals surface area (Å²) < 4.78 is 0. The number of carbonyl (C=O) groups excluding carboxylic acids is 2. The minimum absolute atomic E-state index is 0.179. The van der Waals surface area contributed by atoms with Gasteiger partial charge in [0.15, 0.2) is 0 Å². The van der Waals surface area contributed by atoms with Gasteiger partial charge in [-0.25, -0.2) is 4.98 Å². The lowest BCUT2D eigenvalue weighted by molar-refractivity contribution is 0.0635. The first-order valence-electron chi connectivity index (χ1n) is 10.7. The Kier molecular flexibility index (Phi) is 5.08. The van der Waals surface area contributed by atoms with Crippen molar-refractivity contribution in [3.63, 3.8) is 0 Å². The fourth-order valence-corrected chi connectivity index (χ4v) is 4.47. The third-order valence-corrected chi connectivity index (χ3v) is 6.23. The summed E-state index contributed by atoms with van der Waals surface area (Å²) in [7, 11) is 0. The summed E-state index contributed by atoms with van der Waals surface area (Å²) in [5.74, 6) is 1.45. The molecule has 0 atom stereocenters. The van der Waals surface area contributed by atoms with Gasteiger partial charge < -0.3 is 9.80 Å². The van der Waals surface area contributed by atoms with E-state index in [1.54, 1.807) is 24.3 Å². The number of hydrogen-bond donors (Lipinski definition) is 0. The average Bonchev–Trinajstić information content (AvgIpc) is 3.41. The van der Waals surface area contributed by atoms with Crippen molar-refractivity contribution in [2.75, 3.05) is 62.2 Å². The first-order chi connectivity index (χ1) is 14.7. The van der Waals surface area contributed by atoms with Crippen LogP contribution in [0.15, 0.2) is 36.5 Å². The number of hydrogen-bond acceptors (Lipinski definition) is 7. The molecule has 0 aliphatic carbocycles. The van der Waals surface area contributed by atoms with E-state index < -0.39 is 0 Å². The Morgan fingerprint density at radius 1 is 0.767 bits per heavy atom. The van der Waals surface area contributed by atoms with Crippen molar-refractivity contribution in [3.8, 4) is 0 Å². The minimum atomic E-state index is -0.179. The summed E-state index contributed by atoms with van der Waals surface area (Å²) >= 11 is 0. The van der Waals surface area contributed by atoms with Crippen LogP contribution in [0.4, 0.5) is 11.8 Å². The molecular formula is C22H26N6O2. The van der Waals surface area contributed by atoms with E-state index in [1.807, 2.05) is 12.3 Å². The number of imide groups is 1. The molecule has 0 radical (unpaired) electrons. The molecule has 2 amide bonds. The van der Waals surface area contributed by atoms with E-state index in [1.165, 1.54) is 17.7 Å². The summed E-state index contributed by atoms with van der Waals surface area (Å²) in [4.78, 5) is 42.5. The summed E-state index contributed by atoms with van der Waals surface area (Å²) in [6, 6.07) is 9.05. The van der Waals surface area contributed by atoms with Crippen LogP contribution in [-0.2, 0) is 0 Å². The van der Waals surface area contributed by atoms with Crippen LogP contribution < -0.4 is 9.80 Å². The van der Waals surface area contributed by atoms with E-state index in [9.17, 15) is 9.59 Å². The molecule has 1 aromatic carbocycles. The summed E-state index contributed by atoms with van der Waals surface area (Å²) in [5.41, 5.74) is 1.03.